The highest BCUT2D eigenvalue weighted by Gasteiger charge is 2.26. The number of hydrogen-bond donors (Lipinski definition) is 1. The molecule has 21 heavy (non-hydrogen) atoms. The van der Waals surface area contributed by atoms with Crippen LogP contribution in [-0.4, -0.2) is 41.2 Å². The highest BCUT2D eigenvalue weighted by molar-refractivity contribution is 6.32. The number of rotatable bonds is 4. The molecule has 1 unspecified atom stereocenters. The standard InChI is InChI=1S/C16H22ClNO3/c1-16(20)8-4-10-18(11-9-16)15(19)7-12-21-14-6-3-2-5-13(14)17/h2-3,5-6,20H,4,7-12H2,1H3. The number of amides is 1. The van der Waals surface area contributed by atoms with Crippen molar-refractivity contribution in [3.63, 3.8) is 0 Å². The second kappa shape index (κ2) is 7.14. The molecule has 1 amide bonds. The maximum Gasteiger partial charge on any atom is 0.225 e. The first-order chi connectivity index (χ1) is 9.98. The molecule has 0 aliphatic carbocycles. The van der Waals surface area contributed by atoms with Gasteiger partial charge in [-0.05, 0) is 38.3 Å². The molecule has 1 saturated heterocycles. The van der Waals surface area contributed by atoms with Crippen LogP contribution in [-0.2, 0) is 4.79 Å². The lowest BCUT2D eigenvalue weighted by Gasteiger charge is -2.22. The first kappa shape index (κ1) is 16.1. The van der Waals surface area contributed by atoms with E-state index in [1.165, 1.54) is 0 Å². The summed E-state index contributed by atoms with van der Waals surface area (Å²) in [5, 5.41) is 10.6. The summed E-state index contributed by atoms with van der Waals surface area (Å²) >= 11 is 5.99. The summed E-state index contributed by atoms with van der Waals surface area (Å²) in [5.41, 5.74) is -0.650. The van der Waals surface area contributed by atoms with E-state index in [9.17, 15) is 9.90 Å². The molecule has 5 heteroatoms. The van der Waals surface area contributed by atoms with Crippen molar-refractivity contribution in [3.8, 4) is 5.75 Å². The van der Waals surface area contributed by atoms with Crippen molar-refractivity contribution in [2.45, 2.75) is 38.2 Å². The van der Waals surface area contributed by atoms with E-state index < -0.39 is 5.60 Å². The second-order valence-corrected chi connectivity index (χ2v) is 6.17. The molecule has 1 fully saturated rings. The fraction of sp³-hybridized carbons (Fsp3) is 0.562. The van der Waals surface area contributed by atoms with Crippen molar-refractivity contribution >= 4 is 17.5 Å². The summed E-state index contributed by atoms with van der Waals surface area (Å²) in [5.74, 6) is 0.672. The van der Waals surface area contributed by atoms with E-state index in [-0.39, 0.29) is 5.91 Å². The zero-order valence-electron chi connectivity index (χ0n) is 12.3. The molecule has 1 aliphatic heterocycles. The molecule has 1 aliphatic rings. The molecule has 1 heterocycles. The van der Waals surface area contributed by atoms with Crippen LogP contribution in [0.3, 0.4) is 0 Å². The smallest absolute Gasteiger partial charge is 0.225 e. The van der Waals surface area contributed by atoms with Crippen LogP contribution < -0.4 is 4.74 Å². The molecule has 4 nitrogen and oxygen atoms in total. The zero-order chi connectivity index (χ0) is 15.3. The molecular formula is C16H22ClNO3. The topological polar surface area (TPSA) is 49.8 Å². The van der Waals surface area contributed by atoms with Gasteiger partial charge in [-0.15, -0.1) is 0 Å². The summed E-state index contributed by atoms with van der Waals surface area (Å²) < 4.78 is 5.54. The third-order valence-corrected chi connectivity index (χ3v) is 4.14. The Bertz CT molecular complexity index is 490. The van der Waals surface area contributed by atoms with E-state index in [1.807, 2.05) is 24.0 Å². The number of carbonyl (C=O) groups excluding carboxylic acids is 1. The summed E-state index contributed by atoms with van der Waals surface area (Å²) in [6.45, 7) is 3.47. The predicted molar refractivity (Wildman–Crippen MR) is 82.6 cm³/mol. The first-order valence-corrected chi connectivity index (χ1v) is 7.73. The number of carbonyl (C=O) groups is 1. The van der Waals surface area contributed by atoms with Gasteiger partial charge in [-0.3, -0.25) is 4.79 Å². The Morgan fingerprint density at radius 2 is 2.14 bits per heavy atom. The molecule has 0 radical (unpaired) electrons. The number of likely N-dealkylation sites (tertiary alicyclic amines) is 1. The van der Waals surface area contributed by atoms with Crippen LogP contribution in [0.2, 0.25) is 5.02 Å². The van der Waals surface area contributed by atoms with Gasteiger partial charge in [0.05, 0.1) is 23.7 Å². The normalized spacial score (nSPS) is 22.7. The monoisotopic (exact) mass is 311 g/mol. The number of hydrogen-bond acceptors (Lipinski definition) is 3. The average Bonchev–Trinajstić information content (AvgIpc) is 2.62. The Hall–Kier alpha value is -1.26. The molecule has 0 saturated carbocycles. The summed E-state index contributed by atoms with van der Waals surface area (Å²) in [4.78, 5) is 14.0. The Morgan fingerprint density at radius 3 is 2.90 bits per heavy atom. The number of benzene rings is 1. The van der Waals surface area contributed by atoms with E-state index in [0.717, 1.165) is 12.8 Å². The van der Waals surface area contributed by atoms with Crippen molar-refractivity contribution < 1.29 is 14.6 Å². The summed E-state index contributed by atoms with van der Waals surface area (Å²) in [6, 6.07) is 7.23. The van der Waals surface area contributed by atoms with Crippen LogP contribution in [0.15, 0.2) is 24.3 Å². The number of para-hydroxylation sites is 1. The van der Waals surface area contributed by atoms with Gasteiger partial charge >= 0.3 is 0 Å². The predicted octanol–water partition coefficient (Wildman–Crippen LogP) is 2.87. The lowest BCUT2D eigenvalue weighted by molar-refractivity contribution is -0.131. The summed E-state index contributed by atoms with van der Waals surface area (Å²) in [6.07, 6.45) is 2.54. The van der Waals surface area contributed by atoms with Gasteiger partial charge in [0.1, 0.15) is 5.75 Å². The molecule has 1 atom stereocenters. The van der Waals surface area contributed by atoms with E-state index in [0.29, 0.717) is 43.3 Å². The molecule has 1 aromatic rings. The molecule has 1 aromatic carbocycles. The lowest BCUT2D eigenvalue weighted by atomic mass is 9.98. The van der Waals surface area contributed by atoms with Gasteiger partial charge in [0.25, 0.3) is 0 Å². The average molecular weight is 312 g/mol. The molecule has 0 spiro atoms. The number of halogens is 1. The van der Waals surface area contributed by atoms with Gasteiger partial charge in [-0.25, -0.2) is 0 Å². The van der Waals surface area contributed by atoms with Gasteiger partial charge in [0.15, 0.2) is 0 Å². The Morgan fingerprint density at radius 1 is 1.38 bits per heavy atom. The second-order valence-electron chi connectivity index (χ2n) is 5.76. The van der Waals surface area contributed by atoms with Crippen LogP contribution >= 0.6 is 11.6 Å². The van der Waals surface area contributed by atoms with Crippen LogP contribution in [0.25, 0.3) is 0 Å². The quantitative estimate of drug-likeness (QED) is 0.930. The van der Waals surface area contributed by atoms with Crippen molar-refractivity contribution in [3.05, 3.63) is 29.3 Å². The molecule has 0 bridgehead atoms. The molecule has 2 rings (SSSR count). The zero-order valence-corrected chi connectivity index (χ0v) is 13.1. The van der Waals surface area contributed by atoms with Crippen LogP contribution in [0.5, 0.6) is 5.75 Å². The highest BCUT2D eigenvalue weighted by Crippen LogP contribution is 2.24. The van der Waals surface area contributed by atoms with Crippen LogP contribution in [0.4, 0.5) is 0 Å². The van der Waals surface area contributed by atoms with Crippen molar-refractivity contribution in [2.75, 3.05) is 19.7 Å². The van der Waals surface area contributed by atoms with Gasteiger partial charge in [-0.1, -0.05) is 23.7 Å². The van der Waals surface area contributed by atoms with Gasteiger partial charge in [0, 0.05) is 13.1 Å². The third-order valence-electron chi connectivity index (χ3n) is 3.83. The minimum atomic E-state index is -0.650. The third kappa shape index (κ3) is 4.90. The Kier molecular flexibility index (Phi) is 5.48. The van der Waals surface area contributed by atoms with Gasteiger partial charge in [0.2, 0.25) is 5.91 Å². The minimum Gasteiger partial charge on any atom is -0.491 e. The van der Waals surface area contributed by atoms with Crippen molar-refractivity contribution in [1.29, 1.82) is 0 Å². The van der Waals surface area contributed by atoms with E-state index in [1.54, 1.807) is 12.1 Å². The molecule has 1 N–H and O–H groups in total. The molecule has 116 valence electrons. The first-order valence-electron chi connectivity index (χ1n) is 7.35. The number of aliphatic hydroxyl groups is 1. The van der Waals surface area contributed by atoms with E-state index in [4.69, 9.17) is 16.3 Å². The fourth-order valence-electron chi connectivity index (χ4n) is 2.48. The molecule has 0 aromatic heterocycles. The van der Waals surface area contributed by atoms with Crippen LogP contribution in [0.1, 0.15) is 32.6 Å². The van der Waals surface area contributed by atoms with E-state index >= 15 is 0 Å². The number of nitrogens with zero attached hydrogens (tertiary/aromatic N) is 1. The van der Waals surface area contributed by atoms with Crippen molar-refractivity contribution in [1.82, 2.24) is 4.90 Å². The van der Waals surface area contributed by atoms with Gasteiger partial charge in [-0.2, -0.15) is 0 Å². The lowest BCUT2D eigenvalue weighted by Crippen LogP contribution is -2.34. The van der Waals surface area contributed by atoms with Crippen molar-refractivity contribution in [2.24, 2.45) is 0 Å². The minimum absolute atomic E-state index is 0.0692. The maximum absolute atomic E-state index is 12.2. The highest BCUT2D eigenvalue weighted by atomic mass is 35.5. The number of ether oxygens (including phenoxy) is 1. The van der Waals surface area contributed by atoms with Crippen LogP contribution in [0, 0.1) is 0 Å². The largest absolute Gasteiger partial charge is 0.491 e. The van der Waals surface area contributed by atoms with E-state index in [2.05, 4.69) is 0 Å². The fourth-order valence-corrected chi connectivity index (χ4v) is 2.67. The SMILES string of the molecule is CC1(O)CCCN(C(=O)CCOc2ccccc2Cl)CC1. The molecular weight excluding hydrogens is 290 g/mol. The maximum atomic E-state index is 12.2. The Labute approximate surface area is 130 Å². The van der Waals surface area contributed by atoms with Gasteiger partial charge < -0.3 is 14.7 Å². The Balaban J connectivity index is 1.78. The summed E-state index contributed by atoms with van der Waals surface area (Å²) in [7, 11) is 0.